The van der Waals surface area contributed by atoms with Crippen LogP contribution in [0, 0.1) is 6.92 Å². The zero-order valence-electron chi connectivity index (χ0n) is 13.6. The van der Waals surface area contributed by atoms with Crippen molar-refractivity contribution in [3.8, 4) is 0 Å². The Morgan fingerprint density at radius 2 is 2.08 bits per heavy atom. The Hall–Kier alpha value is -2.43. The maximum Gasteiger partial charge on any atom is 0.167 e. The van der Waals surface area contributed by atoms with Crippen LogP contribution >= 0.6 is 0 Å². The number of rotatable bonds is 6. The van der Waals surface area contributed by atoms with Crippen LogP contribution in [-0.2, 0) is 20.9 Å². The highest BCUT2D eigenvalue weighted by Gasteiger charge is 2.28. The number of ether oxygens (including phenoxy) is 2. The molecule has 0 aromatic heterocycles. The molecule has 2 atom stereocenters. The summed E-state index contributed by atoms with van der Waals surface area (Å²) in [5.74, 6) is 0.675. The molecule has 4 heteroatoms. The Labute approximate surface area is 142 Å². The Bertz CT molecular complexity index is 712. The minimum absolute atomic E-state index is 0.295. The summed E-state index contributed by atoms with van der Waals surface area (Å²) >= 11 is 0. The van der Waals surface area contributed by atoms with Crippen molar-refractivity contribution in [1.29, 1.82) is 0 Å². The molecule has 2 unspecified atom stereocenters. The molecule has 1 aliphatic rings. The average molecular weight is 323 g/mol. The molecule has 0 amide bonds. The predicted molar refractivity (Wildman–Crippen MR) is 93.1 cm³/mol. The molecule has 1 fully saturated rings. The first-order chi connectivity index (χ1) is 11.7. The maximum absolute atomic E-state index is 11.0. The van der Waals surface area contributed by atoms with E-state index >= 15 is 0 Å². The van der Waals surface area contributed by atoms with Crippen molar-refractivity contribution < 1.29 is 14.3 Å². The summed E-state index contributed by atoms with van der Waals surface area (Å²) in [6, 6.07) is 17.8. The van der Waals surface area contributed by atoms with Gasteiger partial charge in [0.1, 0.15) is 18.7 Å². The molecule has 24 heavy (non-hydrogen) atoms. The molecule has 0 radical (unpaired) electrons. The molecule has 0 aliphatic carbocycles. The van der Waals surface area contributed by atoms with Crippen molar-refractivity contribution in [1.82, 2.24) is 5.32 Å². The Morgan fingerprint density at radius 3 is 2.79 bits per heavy atom. The molecule has 1 N–H and O–H groups in total. The lowest BCUT2D eigenvalue weighted by Crippen LogP contribution is -2.33. The number of nitrogens with one attached hydrogen (secondary N) is 1. The minimum Gasteiger partial charge on any atom is -0.489 e. The fourth-order valence-electron chi connectivity index (χ4n) is 2.59. The molecular formula is C20H21NO3. The average Bonchev–Trinajstić information content (AvgIpc) is 3.08. The first kappa shape index (κ1) is 16.4. The second-order valence-corrected chi connectivity index (χ2v) is 5.86. The zero-order chi connectivity index (χ0) is 16.8. The van der Waals surface area contributed by atoms with Crippen molar-refractivity contribution in [2.45, 2.75) is 25.8 Å². The number of carbonyl (C=O) groups excluding carboxylic acids is 1. The third-order valence-electron chi connectivity index (χ3n) is 3.83. The van der Waals surface area contributed by atoms with E-state index in [9.17, 15) is 4.79 Å². The summed E-state index contributed by atoms with van der Waals surface area (Å²) in [6.45, 7) is 2.86. The SMILES string of the molecule is Cc1cccc(C=C(OCc2ccccc2)C2NC(C=O)CO2)c1. The van der Waals surface area contributed by atoms with Crippen molar-refractivity contribution in [2.75, 3.05) is 6.61 Å². The van der Waals surface area contributed by atoms with Gasteiger partial charge < -0.3 is 14.3 Å². The van der Waals surface area contributed by atoms with Gasteiger partial charge in [-0.15, -0.1) is 0 Å². The van der Waals surface area contributed by atoms with Gasteiger partial charge in [-0.1, -0.05) is 60.2 Å². The maximum atomic E-state index is 11.0. The number of carbonyl (C=O) groups is 1. The number of hydrogen-bond donors (Lipinski definition) is 1. The van der Waals surface area contributed by atoms with Crippen LogP contribution in [0.1, 0.15) is 16.7 Å². The molecule has 1 aliphatic heterocycles. The highest BCUT2D eigenvalue weighted by molar-refractivity contribution is 5.59. The number of aldehydes is 1. The van der Waals surface area contributed by atoms with Crippen LogP contribution in [0.3, 0.4) is 0 Å². The van der Waals surface area contributed by atoms with Gasteiger partial charge in [0.25, 0.3) is 0 Å². The molecule has 124 valence electrons. The normalized spacial score (nSPS) is 20.8. The first-order valence-electron chi connectivity index (χ1n) is 8.02. The summed E-state index contributed by atoms with van der Waals surface area (Å²) in [6.07, 6.45) is 2.41. The molecule has 2 aromatic rings. The molecule has 3 rings (SSSR count). The fourth-order valence-corrected chi connectivity index (χ4v) is 2.59. The number of hydrogen-bond acceptors (Lipinski definition) is 4. The van der Waals surface area contributed by atoms with Gasteiger partial charge in [0.2, 0.25) is 0 Å². The van der Waals surface area contributed by atoms with Crippen LogP contribution in [-0.4, -0.2) is 25.2 Å². The molecule has 4 nitrogen and oxygen atoms in total. The van der Waals surface area contributed by atoms with Crippen LogP contribution < -0.4 is 5.32 Å². The molecular weight excluding hydrogens is 302 g/mol. The molecule has 1 saturated heterocycles. The summed E-state index contributed by atoms with van der Waals surface area (Å²) < 4.78 is 11.7. The lowest BCUT2D eigenvalue weighted by Gasteiger charge is -2.17. The largest absolute Gasteiger partial charge is 0.489 e. The van der Waals surface area contributed by atoms with Gasteiger partial charge in [-0.05, 0) is 24.1 Å². The summed E-state index contributed by atoms with van der Waals surface area (Å²) in [4.78, 5) is 11.0. The van der Waals surface area contributed by atoms with E-state index in [0.717, 1.165) is 17.4 Å². The van der Waals surface area contributed by atoms with E-state index in [0.29, 0.717) is 19.0 Å². The summed E-state index contributed by atoms with van der Waals surface area (Å²) in [5, 5.41) is 3.13. The van der Waals surface area contributed by atoms with Crippen LogP contribution in [0.4, 0.5) is 0 Å². The van der Waals surface area contributed by atoms with Crippen molar-refractivity contribution >= 4 is 12.4 Å². The topological polar surface area (TPSA) is 47.6 Å². The molecule has 0 saturated carbocycles. The highest BCUT2D eigenvalue weighted by atomic mass is 16.6. The van der Waals surface area contributed by atoms with Crippen molar-refractivity contribution in [2.24, 2.45) is 0 Å². The Morgan fingerprint density at radius 1 is 1.25 bits per heavy atom. The van der Waals surface area contributed by atoms with Crippen molar-refractivity contribution in [3.05, 3.63) is 77.0 Å². The third kappa shape index (κ3) is 4.31. The van der Waals surface area contributed by atoms with Gasteiger partial charge in [0.15, 0.2) is 6.23 Å². The van der Waals surface area contributed by atoms with Gasteiger partial charge in [-0.2, -0.15) is 0 Å². The summed E-state index contributed by atoms with van der Waals surface area (Å²) in [5.41, 5.74) is 3.30. The zero-order valence-corrected chi connectivity index (χ0v) is 13.6. The van der Waals surface area contributed by atoms with Crippen LogP contribution in [0.5, 0.6) is 0 Å². The van der Waals surface area contributed by atoms with Gasteiger partial charge in [0.05, 0.1) is 12.6 Å². The molecule has 1 heterocycles. The van der Waals surface area contributed by atoms with Crippen molar-refractivity contribution in [3.63, 3.8) is 0 Å². The highest BCUT2D eigenvalue weighted by Crippen LogP contribution is 2.19. The number of benzene rings is 2. The van der Waals surface area contributed by atoms with Gasteiger partial charge in [0, 0.05) is 0 Å². The van der Waals surface area contributed by atoms with E-state index in [-0.39, 0.29) is 6.04 Å². The fraction of sp³-hybridized carbons (Fsp3) is 0.250. The van der Waals surface area contributed by atoms with Crippen LogP contribution in [0.15, 0.2) is 60.4 Å². The Kier molecular flexibility index (Phi) is 5.41. The van der Waals surface area contributed by atoms with E-state index in [1.165, 1.54) is 5.56 Å². The van der Waals surface area contributed by atoms with E-state index in [2.05, 4.69) is 24.4 Å². The smallest absolute Gasteiger partial charge is 0.167 e. The van der Waals surface area contributed by atoms with Crippen LogP contribution in [0.25, 0.3) is 6.08 Å². The van der Waals surface area contributed by atoms with Gasteiger partial charge in [-0.3, -0.25) is 5.32 Å². The third-order valence-corrected chi connectivity index (χ3v) is 3.83. The van der Waals surface area contributed by atoms with E-state index in [4.69, 9.17) is 9.47 Å². The monoisotopic (exact) mass is 323 g/mol. The number of aryl methyl sites for hydroxylation is 1. The van der Waals surface area contributed by atoms with E-state index in [1.807, 2.05) is 48.5 Å². The molecule has 0 bridgehead atoms. The minimum atomic E-state index is -0.413. The predicted octanol–water partition coefficient (Wildman–Crippen LogP) is 3.07. The second kappa shape index (κ2) is 7.90. The van der Waals surface area contributed by atoms with Gasteiger partial charge in [-0.25, -0.2) is 0 Å². The summed E-state index contributed by atoms with van der Waals surface area (Å²) in [7, 11) is 0. The van der Waals surface area contributed by atoms with E-state index < -0.39 is 6.23 Å². The standard InChI is InChI=1S/C20H21NO3/c1-15-6-5-9-17(10-15)11-19(20-21-18(12-22)14-24-20)23-13-16-7-3-2-4-8-16/h2-12,18,20-21H,13-14H2,1H3. The van der Waals surface area contributed by atoms with Crippen LogP contribution in [0.2, 0.25) is 0 Å². The first-order valence-corrected chi connectivity index (χ1v) is 8.02. The second-order valence-electron chi connectivity index (χ2n) is 5.86. The molecule has 2 aromatic carbocycles. The van der Waals surface area contributed by atoms with Gasteiger partial charge >= 0.3 is 0 Å². The van der Waals surface area contributed by atoms with E-state index in [1.54, 1.807) is 0 Å². The quantitative estimate of drug-likeness (QED) is 0.655. The lowest BCUT2D eigenvalue weighted by atomic mass is 10.1. The Balaban J connectivity index is 1.79. The lowest BCUT2D eigenvalue weighted by molar-refractivity contribution is -0.109. The molecule has 0 spiro atoms.